The number of hydrogen-bond donors (Lipinski definition) is 0. The van der Waals surface area contributed by atoms with Crippen molar-refractivity contribution < 1.29 is 0 Å². The van der Waals surface area contributed by atoms with Crippen LogP contribution in [0.3, 0.4) is 0 Å². The Morgan fingerprint density at radius 2 is 0.267 bits per heavy atom. The van der Waals surface area contributed by atoms with Gasteiger partial charge in [0.1, 0.15) is 0 Å². The minimum atomic E-state index is -0.628. The fourth-order valence-electron chi connectivity index (χ4n) is 12.6. The first kappa shape index (κ1) is 53.9. The molecule has 15 aromatic rings. The van der Waals surface area contributed by atoms with E-state index in [2.05, 4.69) is 323 Å². The molecule has 0 aliphatic carbocycles. The Labute approximate surface area is 527 Å². The van der Waals surface area contributed by atoms with Gasteiger partial charge >= 0.3 is 0 Å². The van der Waals surface area contributed by atoms with Gasteiger partial charge in [0.25, 0.3) is 0 Å². The van der Waals surface area contributed by atoms with E-state index in [1.165, 1.54) is 129 Å². The van der Waals surface area contributed by atoms with E-state index in [1.54, 1.807) is 68.0 Å². The molecule has 0 aliphatic rings. The molecule has 9 aromatic carbocycles. The zero-order valence-corrected chi connectivity index (χ0v) is 51.5. The van der Waals surface area contributed by atoms with Gasteiger partial charge in [0.15, 0.2) is 0 Å². The van der Waals surface area contributed by atoms with Gasteiger partial charge < -0.3 is 0 Å². The standard InChI is InChI=1S/C80H54S6/c1-7-73(81-49-1)59-21-37-67(38-22-59)79(68-39-23-60(24-40-68)74-8-2-50-82-74,69-41-25-61(26-42-69)75-9-3-51-83-75)65-33-17-57(18-34-65)55-13-15-56(16-14-55)58-19-35-66(36-20-58)80(70-43-27-62(28-44-70)76-10-4-52-84-76,71-45-29-63(30-46-71)77-11-5-53-85-77)72-47-31-64(32-48-72)78-12-6-54-86-78/h1-54H. The summed E-state index contributed by atoms with van der Waals surface area (Å²) >= 11 is 10.7. The van der Waals surface area contributed by atoms with Crippen molar-refractivity contribution in [2.75, 3.05) is 0 Å². The lowest BCUT2D eigenvalue weighted by Crippen LogP contribution is -2.31. The predicted molar refractivity (Wildman–Crippen MR) is 374 cm³/mol. The lowest BCUT2D eigenvalue weighted by Gasteiger charge is -2.37. The van der Waals surface area contributed by atoms with Crippen molar-refractivity contribution in [3.63, 3.8) is 0 Å². The molecule has 6 heterocycles. The molecule has 0 amide bonds. The highest BCUT2D eigenvalue weighted by Crippen LogP contribution is 2.50. The van der Waals surface area contributed by atoms with E-state index in [1.807, 2.05) is 0 Å². The number of hydrogen-bond acceptors (Lipinski definition) is 6. The Kier molecular flexibility index (Phi) is 14.8. The normalized spacial score (nSPS) is 11.7. The Hall–Kier alpha value is -8.82. The van der Waals surface area contributed by atoms with Crippen molar-refractivity contribution in [3.8, 4) is 84.9 Å². The van der Waals surface area contributed by atoms with Gasteiger partial charge in [-0.3, -0.25) is 0 Å². The lowest BCUT2D eigenvalue weighted by atomic mass is 9.64. The zero-order chi connectivity index (χ0) is 57.3. The highest BCUT2D eigenvalue weighted by molar-refractivity contribution is 7.15. The van der Waals surface area contributed by atoms with Crippen molar-refractivity contribution in [2.24, 2.45) is 0 Å². The van der Waals surface area contributed by atoms with Crippen LogP contribution in [0, 0.1) is 0 Å². The number of benzene rings is 9. The van der Waals surface area contributed by atoms with E-state index in [9.17, 15) is 0 Å². The lowest BCUT2D eigenvalue weighted by molar-refractivity contribution is 0.745. The first-order valence-electron chi connectivity index (χ1n) is 28.8. The van der Waals surface area contributed by atoms with Crippen LogP contribution in [0.1, 0.15) is 44.5 Å². The van der Waals surface area contributed by atoms with E-state index >= 15 is 0 Å². The maximum absolute atomic E-state index is 2.36. The third kappa shape index (κ3) is 10.0. The number of thiophene rings is 6. The van der Waals surface area contributed by atoms with E-state index < -0.39 is 10.8 Å². The fraction of sp³-hybridized carbons (Fsp3) is 0.0250. The van der Waals surface area contributed by atoms with Crippen LogP contribution in [0.5, 0.6) is 0 Å². The SMILES string of the molecule is c1csc(-c2ccc(C(c3ccc(-c4ccc(-c5ccc(C(c6ccc(-c7cccs7)cc6)(c6ccc(-c7cccs7)cc6)c6ccc(-c7cccs7)cc6)cc5)cc4)cc3)(c3ccc(-c4cccs4)cc3)c3ccc(-c4cccs4)cc3)cc2)c1. The van der Waals surface area contributed by atoms with Gasteiger partial charge in [-0.2, -0.15) is 0 Å². The third-order valence-electron chi connectivity index (χ3n) is 16.9. The molecule has 0 unspecified atom stereocenters. The second-order valence-electron chi connectivity index (χ2n) is 21.6. The Balaban J connectivity index is 0.801. The molecule has 0 aliphatic heterocycles. The molecular weight excluding hydrogens is 1150 g/mol. The first-order chi connectivity index (χ1) is 42.6. The smallest absolute Gasteiger partial charge is 0.0701 e. The number of rotatable bonds is 16. The molecule has 0 nitrogen and oxygen atoms in total. The molecule has 0 spiro atoms. The van der Waals surface area contributed by atoms with Gasteiger partial charge in [0.2, 0.25) is 0 Å². The van der Waals surface area contributed by atoms with Crippen molar-refractivity contribution in [1.82, 2.24) is 0 Å². The van der Waals surface area contributed by atoms with Crippen LogP contribution < -0.4 is 0 Å². The Bertz CT molecular complexity index is 3920. The minimum absolute atomic E-state index is 0.628. The predicted octanol–water partition coefficient (Wildman–Crippen LogP) is 24.2. The molecule has 0 radical (unpaired) electrons. The quantitative estimate of drug-likeness (QED) is 0.0846. The summed E-state index contributed by atoms with van der Waals surface area (Å²) in [4.78, 5) is 7.60. The molecule has 0 fully saturated rings. The topological polar surface area (TPSA) is 0 Å². The molecule has 0 N–H and O–H groups in total. The van der Waals surface area contributed by atoms with Gasteiger partial charge in [0.05, 0.1) is 10.8 Å². The van der Waals surface area contributed by atoms with E-state index in [0.717, 1.165) is 0 Å². The van der Waals surface area contributed by atoms with Crippen LogP contribution in [-0.4, -0.2) is 0 Å². The maximum atomic E-state index is 2.36. The van der Waals surface area contributed by atoms with Gasteiger partial charge in [0, 0.05) is 29.3 Å². The molecular formula is C80H54S6. The second kappa shape index (κ2) is 23.6. The molecule has 0 atom stereocenters. The van der Waals surface area contributed by atoms with Crippen LogP contribution >= 0.6 is 68.0 Å². The van der Waals surface area contributed by atoms with Crippen molar-refractivity contribution >= 4 is 68.0 Å². The van der Waals surface area contributed by atoms with Crippen LogP contribution in [0.2, 0.25) is 0 Å². The average molecular weight is 1210 g/mol. The minimum Gasteiger partial charge on any atom is -0.144 e. The van der Waals surface area contributed by atoms with Gasteiger partial charge in [-0.05, 0) is 169 Å². The van der Waals surface area contributed by atoms with E-state index in [-0.39, 0.29) is 0 Å². The van der Waals surface area contributed by atoms with E-state index in [0.29, 0.717) is 0 Å². The molecule has 0 saturated heterocycles. The summed E-state index contributed by atoms with van der Waals surface area (Å²) in [7, 11) is 0. The van der Waals surface area contributed by atoms with Crippen molar-refractivity contribution in [1.29, 1.82) is 0 Å². The van der Waals surface area contributed by atoms with Crippen molar-refractivity contribution in [3.05, 3.63) is 368 Å². The largest absolute Gasteiger partial charge is 0.144 e. The van der Waals surface area contributed by atoms with Crippen LogP contribution in [0.4, 0.5) is 0 Å². The molecule has 6 aromatic heterocycles. The summed E-state index contributed by atoms with van der Waals surface area (Å²) in [5.74, 6) is 0. The fourth-order valence-corrected chi connectivity index (χ4v) is 17.0. The maximum Gasteiger partial charge on any atom is 0.0701 e. The summed E-state index contributed by atoms with van der Waals surface area (Å²) in [6.07, 6.45) is 0. The van der Waals surface area contributed by atoms with Crippen LogP contribution in [0.15, 0.2) is 323 Å². The molecule has 0 bridgehead atoms. The molecule has 86 heavy (non-hydrogen) atoms. The Morgan fingerprint density at radius 1 is 0.140 bits per heavy atom. The molecule has 6 heteroatoms. The zero-order valence-electron chi connectivity index (χ0n) is 46.6. The summed E-state index contributed by atoms with van der Waals surface area (Å²) in [6, 6.07) is 110. The molecule has 15 rings (SSSR count). The van der Waals surface area contributed by atoms with E-state index in [4.69, 9.17) is 0 Å². The van der Waals surface area contributed by atoms with Gasteiger partial charge in [-0.15, -0.1) is 68.0 Å². The summed E-state index contributed by atoms with van der Waals surface area (Å²) in [5, 5.41) is 12.9. The van der Waals surface area contributed by atoms with Crippen LogP contribution in [0.25, 0.3) is 84.9 Å². The Morgan fingerprint density at radius 3 is 0.395 bits per heavy atom. The highest BCUT2D eigenvalue weighted by atomic mass is 32.1. The highest BCUT2D eigenvalue weighted by Gasteiger charge is 2.40. The summed E-state index contributed by atoms with van der Waals surface area (Å²) in [6.45, 7) is 0. The second-order valence-corrected chi connectivity index (χ2v) is 27.2. The summed E-state index contributed by atoms with van der Waals surface area (Å²) in [5.41, 5.74) is 20.5. The summed E-state index contributed by atoms with van der Waals surface area (Å²) < 4.78 is 0. The van der Waals surface area contributed by atoms with Crippen molar-refractivity contribution in [2.45, 2.75) is 10.8 Å². The van der Waals surface area contributed by atoms with Crippen LogP contribution in [-0.2, 0) is 10.8 Å². The molecule has 0 saturated carbocycles. The third-order valence-corrected chi connectivity index (χ3v) is 22.4. The van der Waals surface area contributed by atoms with Gasteiger partial charge in [-0.1, -0.05) is 255 Å². The van der Waals surface area contributed by atoms with Gasteiger partial charge in [-0.25, -0.2) is 0 Å². The monoisotopic (exact) mass is 1210 g/mol. The first-order valence-corrected chi connectivity index (χ1v) is 34.0. The average Bonchev–Trinajstić information content (AvgIpc) is 1.24. The molecule has 410 valence electrons.